The summed E-state index contributed by atoms with van der Waals surface area (Å²) in [7, 11) is 1.66. The third-order valence-corrected chi connectivity index (χ3v) is 6.73. The number of halogens is 1. The summed E-state index contributed by atoms with van der Waals surface area (Å²) in [6, 6.07) is 14.6. The number of benzene rings is 2. The van der Waals surface area contributed by atoms with Gasteiger partial charge in [0.05, 0.1) is 31.8 Å². The number of methoxy groups -OCH3 is 1. The summed E-state index contributed by atoms with van der Waals surface area (Å²) in [5, 5.41) is 3.26. The fourth-order valence-corrected chi connectivity index (χ4v) is 4.93. The number of carbonyl (C=O) groups excluding carboxylic acids is 1. The highest BCUT2D eigenvalue weighted by Crippen LogP contribution is 2.41. The van der Waals surface area contributed by atoms with Gasteiger partial charge in [0.1, 0.15) is 11.6 Å². The molecule has 0 aromatic heterocycles. The standard InChI is InChI=1S/C25H31FN2O3/c1-30-22-10-4-19(5-11-22)23(28-14-16-31-17-15-28)18-27-24(29)25(12-2-3-13-25)20-6-8-21(26)9-7-20/h4-11,23H,2-3,12-18H2,1H3,(H,27,29). The number of amides is 1. The molecule has 6 heteroatoms. The number of carbonyl (C=O) groups is 1. The van der Waals surface area contributed by atoms with Crippen molar-refractivity contribution in [3.8, 4) is 5.75 Å². The van der Waals surface area contributed by atoms with Crippen molar-refractivity contribution in [1.29, 1.82) is 0 Å². The molecule has 2 aliphatic rings. The minimum absolute atomic E-state index is 0.0448. The molecule has 1 atom stereocenters. The molecular weight excluding hydrogens is 395 g/mol. The maximum atomic E-state index is 13.5. The number of morpholine rings is 1. The maximum absolute atomic E-state index is 13.5. The number of rotatable bonds is 7. The summed E-state index contributed by atoms with van der Waals surface area (Å²) in [4.78, 5) is 15.9. The van der Waals surface area contributed by atoms with Gasteiger partial charge in [-0.05, 0) is 48.2 Å². The van der Waals surface area contributed by atoms with Gasteiger partial charge in [0.2, 0.25) is 5.91 Å². The highest BCUT2D eigenvalue weighted by atomic mass is 19.1. The number of hydrogen-bond donors (Lipinski definition) is 1. The van der Waals surface area contributed by atoms with Crippen LogP contribution in [0.4, 0.5) is 4.39 Å². The van der Waals surface area contributed by atoms with Gasteiger partial charge < -0.3 is 14.8 Å². The number of hydrogen-bond acceptors (Lipinski definition) is 4. The summed E-state index contributed by atoms with van der Waals surface area (Å²) in [6.45, 7) is 3.57. The van der Waals surface area contributed by atoms with E-state index in [1.807, 2.05) is 12.1 Å². The molecule has 31 heavy (non-hydrogen) atoms. The summed E-state index contributed by atoms with van der Waals surface area (Å²) < 4.78 is 24.3. The second kappa shape index (κ2) is 9.79. The molecule has 166 valence electrons. The highest BCUT2D eigenvalue weighted by Gasteiger charge is 2.42. The third-order valence-electron chi connectivity index (χ3n) is 6.73. The van der Waals surface area contributed by atoms with E-state index in [-0.39, 0.29) is 17.8 Å². The second-order valence-electron chi connectivity index (χ2n) is 8.44. The first-order valence-corrected chi connectivity index (χ1v) is 11.1. The van der Waals surface area contributed by atoms with Crippen molar-refractivity contribution in [3.05, 3.63) is 65.5 Å². The Bertz CT molecular complexity index is 857. The highest BCUT2D eigenvalue weighted by molar-refractivity contribution is 5.88. The van der Waals surface area contributed by atoms with Crippen LogP contribution in [0.5, 0.6) is 5.75 Å². The second-order valence-corrected chi connectivity index (χ2v) is 8.44. The van der Waals surface area contributed by atoms with Gasteiger partial charge in [0.25, 0.3) is 0 Å². The molecule has 1 amide bonds. The Balaban J connectivity index is 1.53. The zero-order valence-corrected chi connectivity index (χ0v) is 18.1. The normalized spacial score (nSPS) is 19.7. The van der Waals surface area contributed by atoms with Crippen LogP contribution in [0.2, 0.25) is 0 Å². The molecule has 1 saturated heterocycles. The fourth-order valence-electron chi connectivity index (χ4n) is 4.93. The van der Waals surface area contributed by atoms with Gasteiger partial charge in [-0.15, -0.1) is 0 Å². The van der Waals surface area contributed by atoms with E-state index in [1.165, 1.54) is 12.1 Å². The summed E-state index contributed by atoms with van der Waals surface area (Å²) in [6.07, 6.45) is 3.62. The van der Waals surface area contributed by atoms with Gasteiger partial charge in [-0.1, -0.05) is 37.1 Å². The van der Waals surface area contributed by atoms with Gasteiger partial charge in [-0.3, -0.25) is 9.69 Å². The molecule has 1 aliphatic heterocycles. The first-order chi connectivity index (χ1) is 15.1. The molecule has 4 rings (SSSR count). The van der Waals surface area contributed by atoms with Crippen molar-refractivity contribution in [2.45, 2.75) is 37.1 Å². The van der Waals surface area contributed by atoms with Crippen LogP contribution in [0.1, 0.15) is 42.9 Å². The average molecular weight is 427 g/mol. The molecular formula is C25H31FN2O3. The summed E-state index contributed by atoms with van der Waals surface area (Å²) in [5.41, 5.74) is 1.49. The monoisotopic (exact) mass is 426 g/mol. The lowest BCUT2D eigenvalue weighted by atomic mass is 9.78. The predicted octanol–water partition coefficient (Wildman–Crippen LogP) is 3.84. The smallest absolute Gasteiger partial charge is 0.230 e. The van der Waals surface area contributed by atoms with Gasteiger partial charge in [0, 0.05) is 19.6 Å². The molecule has 1 aliphatic carbocycles. The van der Waals surface area contributed by atoms with Crippen LogP contribution in [0.25, 0.3) is 0 Å². The molecule has 0 bridgehead atoms. The van der Waals surface area contributed by atoms with Crippen LogP contribution in [-0.4, -0.2) is 50.8 Å². The topological polar surface area (TPSA) is 50.8 Å². The SMILES string of the molecule is COc1ccc(C(CNC(=O)C2(c3ccc(F)cc3)CCCC2)N2CCOCC2)cc1. The molecule has 2 fully saturated rings. The first kappa shape index (κ1) is 21.8. The lowest BCUT2D eigenvalue weighted by molar-refractivity contribution is -0.127. The molecule has 1 heterocycles. The van der Waals surface area contributed by atoms with Crippen LogP contribution in [0.15, 0.2) is 48.5 Å². The van der Waals surface area contributed by atoms with Crippen molar-refractivity contribution >= 4 is 5.91 Å². The van der Waals surface area contributed by atoms with Crippen molar-refractivity contribution < 1.29 is 18.7 Å². The third kappa shape index (κ3) is 4.75. The first-order valence-electron chi connectivity index (χ1n) is 11.1. The fraction of sp³-hybridized carbons (Fsp3) is 0.480. The van der Waals surface area contributed by atoms with Gasteiger partial charge in [-0.2, -0.15) is 0 Å². The van der Waals surface area contributed by atoms with E-state index in [2.05, 4.69) is 22.3 Å². The lowest BCUT2D eigenvalue weighted by Crippen LogP contribution is -2.48. The molecule has 5 nitrogen and oxygen atoms in total. The Morgan fingerprint density at radius 3 is 2.35 bits per heavy atom. The average Bonchev–Trinajstić information content (AvgIpc) is 3.32. The van der Waals surface area contributed by atoms with Crippen LogP contribution in [-0.2, 0) is 14.9 Å². The largest absolute Gasteiger partial charge is 0.497 e. The minimum atomic E-state index is -0.566. The van der Waals surface area contributed by atoms with E-state index in [9.17, 15) is 9.18 Å². The number of ether oxygens (including phenoxy) is 2. The number of nitrogens with one attached hydrogen (secondary N) is 1. The maximum Gasteiger partial charge on any atom is 0.230 e. The van der Waals surface area contributed by atoms with Crippen LogP contribution in [0.3, 0.4) is 0 Å². The van der Waals surface area contributed by atoms with Crippen LogP contribution < -0.4 is 10.1 Å². The molecule has 0 radical (unpaired) electrons. The predicted molar refractivity (Wildman–Crippen MR) is 118 cm³/mol. The van der Waals surface area contributed by atoms with E-state index in [0.29, 0.717) is 19.8 Å². The molecule has 2 aromatic carbocycles. The minimum Gasteiger partial charge on any atom is -0.497 e. The van der Waals surface area contributed by atoms with Crippen LogP contribution in [0, 0.1) is 5.82 Å². The Kier molecular flexibility index (Phi) is 6.88. The zero-order chi connectivity index (χ0) is 21.7. The number of nitrogens with zero attached hydrogens (tertiary/aromatic N) is 1. The van der Waals surface area contributed by atoms with Crippen molar-refractivity contribution in [1.82, 2.24) is 10.2 Å². The van der Waals surface area contributed by atoms with E-state index < -0.39 is 5.41 Å². The van der Waals surface area contributed by atoms with Crippen LogP contribution >= 0.6 is 0 Å². The van der Waals surface area contributed by atoms with Crippen molar-refractivity contribution in [3.63, 3.8) is 0 Å². The Hall–Kier alpha value is -2.44. The zero-order valence-electron chi connectivity index (χ0n) is 18.1. The molecule has 1 saturated carbocycles. The van der Waals surface area contributed by atoms with E-state index in [1.54, 1.807) is 19.2 Å². The molecule has 2 aromatic rings. The molecule has 0 spiro atoms. The summed E-state index contributed by atoms with van der Waals surface area (Å²) in [5.74, 6) is 0.585. The van der Waals surface area contributed by atoms with E-state index >= 15 is 0 Å². The Morgan fingerprint density at radius 2 is 1.74 bits per heavy atom. The molecule has 1 unspecified atom stereocenters. The summed E-state index contributed by atoms with van der Waals surface area (Å²) >= 11 is 0. The van der Waals surface area contributed by atoms with Gasteiger partial charge in [-0.25, -0.2) is 4.39 Å². The molecule has 1 N–H and O–H groups in total. The van der Waals surface area contributed by atoms with Crippen molar-refractivity contribution in [2.24, 2.45) is 0 Å². The van der Waals surface area contributed by atoms with Gasteiger partial charge >= 0.3 is 0 Å². The Labute approximate surface area is 183 Å². The van der Waals surface area contributed by atoms with E-state index in [4.69, 9.17) is 9.47 Å². The van der Waals surface area contributed by atoms with Crippen molar-refractivity contribution in [2.75, 3.05) is 40.0 Å². The van der Waals surface area contributed by atoms with Gasteiger partial charge in [0.15, 0.2) is 0 Å². The lowest BCUT2D eigenvalue weighted by Gasteiger charge is -2.36. The quantitative estimate of drug-likeness (QED) is 0.731. The Morgan fingerprint density at radius 1 is 1.10 bits per heavy atom. The van der Waals surface area contributed by atoms with E-state index in [0.717, 1.165) is 55.6 Å².